The van der Waals surface area contributed by atoms with Crippen LogP contribution >= 0.6 is 0 Å². The second kappa shape index (κ2) is 8.26. The van der Waals surface area contributed by atoms with Crippen molar-refractivity contribution >= 4 is 0 Å². The maximum absolute atomic E-state index is 3.83. The van der Waals surface area contributed by atoms with Crippen molar-refractivity contribution in [1.82, 2.24) is 10.2 Å². The number of piperidine rings is 1. The zero-order valence-electron chi connectivity index (χ0n) is 13.2. The van der Waals surface area contributed by atoms with E-state index in [2.05, 4.69) is 24.2 Å². The van der Waals surface area contributed by atoms with Crippen molar-refractivity contribution in [1.29, 1.82) is 0 Å². The standard InChI is InChI=1S/C17H34N2/c1-3-4-15-5-7-17(8-6-15)18-12-9-16-10-13-19(2)14-11-16/h15-18H,3-14H2,1-2H3. The Balaban J connectivity index is 1.52. The molecule has 1 saturated heterocycles. The topological polar surface area (TPSA) is 15.3 Å². The summed E-state index contributed by atoms with van der Waals surface area (Å²) in [5.41, 5.74) is 0. The SMILES string of the molecule is CCCC1CCC(NCCC2CCN(C)CC2)CC1. The Morgan fingerprint density at radius 3 is 2.16 bits per heavy atom. The smallest absolute Gasteiger partial charge is 0.00672 e. The van der Waals surface area contributed by atoms with E-state index in [-0.39, 0.29) is 0 Å². The summed E-state index contributed by atoms with van der Waals surface area (Å²) in [6, 6.07) is 0.833. The van der Waals surface area contributed by atoms with Gasteiger partial charge in [-0.25, -0.2) is 0 Å². The van der Waals surface area contributed by atoms with E-state index in [0.717, 1.165) is 17.9 Å². The minimum atomic E-state index is 0.833. The molecule has 2 fully saturated rings. The number of hydrogen-bond donors (Lipinski definition) is 1. The first-order valence-corrected chi connectivity index (χ1v) is 8.69. The van der Waals surface area contributed by atoms with E-state index in [1.165, 1.54) is 77.4 Å². The van der Waals surface area contributed by atoms with Crippen molar-refractivity contribution in [3.8, 4) is 0 Å². The molecular formula is C17H34N2. The van der Waals surface area contributed by atoms with Crippen LogP contribution in [0.1, 0.15) is 64.7 Å². The first kappa shape index (κ1) is 15.3. The fraction of sp³-hybridized carbons (Fsp3) is 1.00. The molecule has 1 N–H and O–H groups in total. The largest absolute Gasteiger partial charge is 0.314 e. The van der Waals surface area contributed by atoms with Gasteiger partial charge in [0.05, 0.1) is 0 Å². The molecule has 1 aliphatic carbocycles. The van der Waals surface area contributed by atoms with Gasteiger partial charge in [-0.2, -0.15) is 0 Å². The van der Waals surface area contributed by atoms with Gasteiger partial charge in [0.1, 0.15) is 0 Å². The summed E-state index contributed by atoms with van der Waals surface area (Å²) in [4.78, 5) is 2.47. The second-order valence-electron chi connectivity index (χ2n) is 7.00. The predicted molar refractivity (Wildman–Crippen MR) is 83.5 cm³/mol. The van der Waals surface area contributed by atoms with E-state index in [0.29, 0.717) is 0 Å². The minimum absolute atomic E-state index is 0.833. The Morgan fingerprint density at radius 1 is 0.895 bits per heavy atom. The predicted octanol–water partition coefficient (Wildman–Crippen LogP) is 3.67. The third kappa shape index (κ3) is 5.43. The monoisotopic (exact) mass is 266 g/mol. The lowest BCUT2D eigenvalue weighted by Crippen LogP contribution is -2.36. The van der Waals surface area contributed by atoms with Crippen LogP contribution in [0.15, 0.2) is 0 Å². The van der Waals surface area contributed by atoms with Gasteiger partial charge in [-0.3, -0.25) is 0 Å². The molecular weight excluding hydrogens is 232 g/mol. The molecule has 0 aromatic heterocycles. The Morgan fingerprint density at radius 2 is 1.53 bits per heavy atom. The molecule has 112 valence electrons. The quantitative estimate of drug-likeness (QED) is 0.789. The maximum Gasteiger partial charge on any atom is 0.00672 e. The van der Waals surface area contributed by atoms with Gasteiger partial charge in [-0.1, -0.05) is 19.8 Å². The molecule has 1 aliphatic heterocycles. The van der Waals surface area contributed by atoms with Crippen molar-refractivity contribution in [2.24, 2.45) is 11.8 Å². The van der Waals surface area contributed by atoms with Crippen LogP contribution in [-0.2, 0) is 0 Å². The molecule has 2 rings (SSSR count). The summed E-state index contributed by atoms with van der Waals surface area (Å²) in [5.74, 6) is 2.03. The minimum Gasteiger partial charge on any atom is -0.314 e. The summed E-state index contributed by atoms with van der Waals surface area (Å²) < 4.78 is 0. The lowest BCUT2D eigenvalue weighted by Gasteiger charge is -2.31. The number of nitrogens with one attached hydrogen (secondary N) is 1. The first-order valence-electron chi connectivity index (χ1n) is 8.69. The van der Waals surface area contributed by atoms with E-state index in [4.69, 9.17) is 0 Å². The molecule has 1 heterocycles. The highest BCUT2D eigenvalue weighted by Gasteiger charge is 2.21. The third-order valence-corrected chi connectivity index (χ3v) is 5.37. The van der Waals surface area contributed by atoms with E-state index < -0.39 is 0 Å². The third-order valence-electron chi connectivity index (χ3n) is 5.37. The number of nitrogens with zero attached hydrogens (tertiary/aromatic N) is 1. The van der Waals surface area contributed by atoms with Gasteiger partial charge < -0.3 is 10.2 Å². The fourth-order valence-corrected chi connectivity index (χ4v) is 3.91. The van der Waals surface area contributed by atoms with Gasteiger partial charge in [0.25, 0.3) is 0 Å². The molecule has 0 amide bonds. The van der Waals surface area contributed by atoms with E-state index in [1.807, 2.05) is 0 Å². The van der Waals surface area contributed by atoms with Gasteiger partial charge in [0.2, 0.25) is 0 Å². The van der Waals surface area contributed by atoms with Crippen LogP contribution in [0.5, 0.6) is 0 Å². The van der Waals surface area contributed by atoms with E-state index in [9.17, 15) is 0 Å². The normalized spacial score (nSPS) is 30.6. The van der Waals surface area contributed by atoms with Gasteiger partial charge >= 0.3 is 0 Å². The van der Waals surface area contributed by atoms with E-state index in [1.54, 1.807) is 0 Å². The summed E-state index contributed by atoms with van der Waals surface area (Å²) in [6.45, 7) is 6.21. The van der Waals surface area contributed by atoms with Gasteiger partial charge in [-0.05, 0) is 83.5 Å². The zero-order valence-corrected chi connectivity index (χ0v) is 13.2. The molecule has 19 heavy (non-hydrogen) atoms. The van der Waals surface area contributed by atoms with Crippen LogP contribution < -0.4 is 5.32 Å². The molecule has 0 radical (unpaired) electrons. The van der Waals surface area contributed by atoms with Crippen LogP contribution in [0.2, 0.25) is 0 Å². The average molecular weight is 266 g/mol. The van der Waals surface area contributed by atoms with Crippen molar-refractivity contribution in [3.05, 3.63) is 0 Å². The van der Waals surface area contributed by atoms with Gasteiger partial charge in [0, 0.05) is 6.04 Å². The van der Waals surface area contributed by atoms with Crippen LogP contribution in [0.3, 0.4) is 0 Å². The molecule has 0 bridgehead atoms. The van der Waals surface area contributed by atoms with Crippen LogP contribution in [0, 0.1) is 11.8 Å². The Bertz CT molecular complexity index is 225. The summed E-state index contributed by atoms with van der Waals surface area (Å²) in [7, 11) is 2.25. The summed E-state index contributed by atoms with van der Waals surface area (Å²) in [5, 5.41) is 3.83. The van der Waals surface area contributed by atoms with Crippen LogP contribution in [-0.4, -0.2) is 37.6 Å². The van der Waals surface area contributed by atoms with Crippen molar-refractivity contribution in [2.45, 2.75) is 70.8 Å². The highest BCUT2D eigenvalue weighted by molar-refractivity contribution is 4.78. The molecule has 0 unspecified atom stereocenters. The fourth-order valence-electron chi connectivity index (χ4n) is 3.91. The van der Waals surface area contributed by atoms with E-state index >= 15 is 0 Å². The molecule has 2 aliphatic rings. The lowest BCUT2D eigenvalue weighted by atomic mass is 9.83. The number of likely N-dealkylation sites (tertiary alicyclic amines) is 1. The zero-order chi connectivity index (χ0) is 13.5. The molecule has 1 saturated carbocycles. The van der Waals surface area contributed by atoms with Crippen molar-refractivity contribution in [3.63, 3.8) is 0 Å². The Kier molecular flexibility index (Phi) is 6.66. The highest BCUT2D eigenvalue weighted by Crippen LogP contribution is 2.28. The maximum atomic E-state index is 3.83. The van der Waals surface area contributed by atoms with Gasteiger partial charge in [-0.15, -0.1) is 0 Å². The van der Waals surface area contributed by atoms with Gasteiger partial charge in [0.15, 0.2) is 0 Å². The number of hydrogen-bond acceptors (Lipinski definition) is 2. The summed E-state index contributed by atoms with van der Waals surface area (Å²) >= 11 is 0. The molecule has 0 atom stereocenters. The average Bonchev–Trinajstić information content (AvgIpc) is 2.43. The van der Waals surface area contributed by atoms with Crippen molar-refractivity contribution in [2.75, 3.05) is 26.7 Å². The molecule has 0 aromatic rings. The van der Waals surface area contributed by atoms with Crippen LogP contribution in [0.4, 0.5) is 0 Å². The molecule has 2 nitrogen and oxygen atoms in total. The van der Waals surface area contributed by atoms with Crippen molar-refractivity contribution < 1.29 is 0 Å². The van der Waals surface area contributed by atoms with Crippen LogP contribution in [0.25, 0.3) is 0 Å². The Hall–Kier alpha value is -0.0800. The first-order chi connectivity index (χ1) is 9.28. The summed E-state index contributed by atoms with van der Waals surface area (Å²) in [6.07, 6.45) is 12.9. The molecule has 2 heteroatoms. The Labute approximate surface area is 120 Å². The number of rotatable bonds is 6. The molecule has 0 spiro atoms. The second-order valence-corrected chi connectivity index (χ2v) is 7.00. The lowest BCUT2D eigenvalue weighted by molar-refractivity contribution is 0.207. The highest BCUT2D eigenvalue weighted by atomic mass is 15.1. The molecule has 0 aromatic carbocycles.